The van der Waals surface area contributed by atoms with Crippen LogP contribution >= 0.6 is 0 Å². The van der Waals surface area contributed by atoms with E-state index in [0.29, 0.717) is 12.1 Å². The first kappa shape index (κ1) is 13.6. The number of nitrogens with zero attached hydrogens (tertiary/aromatic N) is 1. The van der Waals surface area contributed by atoms with Gasteiger partial charge in [-0.1, -0.05) is 12.8 Å². The predicted molar refractivity (Wildman–Crippen MR) is 73.2 cm³/mol. The van der Waals surface area contributed by atoms with Crippen LogP contribution < -0.4 is 16.6 Å². The fourth-order valence-electron chi connectivity index (χ4n) is 2.75. The van der Waals surface area contributed by atoms with Crippen molar-refractivity contribution in [2.75, 3.05) is 13.2 Å². The molecule has 1 aliphatic carbocycles. The van der Waals surface area contributed by atoms with Gasteiger partial charge in [-0.05, 0) is 38.5 Å². The lowest BCUT2D eigenvalue weighted by Gasteiger charge is -2.22. The minimum Gasteiger partial charge on any atom is -0.378 e. The summed E-state index contributed by atoms with van der Waals surface area (Å²) in [6.07, 6.45) is 10.1. The molecule has 104 valence electrons. The Balaban J connectivity index is 1.67. The Bertz CT molecular complexity index is 258. The van der Waals surface area contributed by atoms with Crippen LogP contribution in [0.2, 0.25) is 0 Å². The zero-order valence-electron chi connectivity index (χ0n) is 11.2. The molecule has 1 atom stereocenters. The lowest BCUT2D eigenvalue weighted by atomic mass is 10.1. The molecule has 2 fully saturated rings. The van der Waals surface area contributed by atoms with Crippen LogP contribution in [0.15, 0.2) is 4.99 Å². The molecule has 1 aliphatic heterocycles. The van der Waals surface area contributed by atoms with Gasteiger partial charge in [-0.15, -0.1) is 0 Å². The van der Waals surface area contributed by atoms with Crippen LogP contribution in [0.1, 0.15) is 51.4 Å². The van der Waals surface area contributed by atoms with Gasteiger partial charge in [-0.3, -0.25) is 10.4 Å². The maximum atomic E-state index is 5.69. The monoisotopic (exact) mass is 254 g/mol. The van der Waals surface area contributed by atoms with Crippen molar-refractivity contribution >= 4 is 5.96 Å². The SMILES string of the molecule is NNC(=NCCC1CCCCO1)NC1CCCC1. The van der Waals surface area contributed by atoms with Crippen LogP contribution in [0, 0.1) is 0 Å². The van der Waals surface area contributed by atoms with Gasteiger partial charge in [0.15, 0.2) is 0 Å². The average molecular weight is 254 g/mol. The topological polar surface area (TPSA) is 71.7 Å². The third kappa shape index (κ3) is 4.46. The molecule has 0 spiro atoms. The summed E-state index contributed by atoms with van der Waals surface area (Å²) in [6.45, 7) is 1.70. The van der Waals surface area contributed by atoms with Crippen molar-refractivity contribution < 1.29 is 4.74 Å². The lowest BCUT2D eigenvalue weighted by molar-refractivity contribution is 0.0129. The van der Waals surface area contributed by atoms with Gasteiger partial charge >= 0.3 is 0 Å². The number of hydrogen-bond donors (Lipinski definition) is 3. The Labute approximate surface area is 110 Å². The third-order valence-electron chi connectivity index (χ3n) is 3.83. The van der Waals surface area contributed by atoms with Gasteiger partial charge in [0.1, 0.15) is 0 Å². The second kappa shape index (κ2) is 7.59. The molecule has 0 bridgehead atoms. The first-order chi connectivity index (χ1) is 8.88. The van der Waals surface area contributed by atoms with Crippen LogP contribution in [0.3, 0.4) is 0 Å². The number of aliphatic imine (C=N–C) groups is 1. The molecule has 0 aromatic rings. The summed E-state index contributed by atoms with van der Waals surface area (Å²) < 4.78 is 5.69. The lowest BCUT2D eigenvalue weighted by Crippen LogP contribution is -2.45. The maximum absolute atomic E-state index is 5.69. The van der Waals surface area contributed by atoms with Crippen LogP contribution in [-0.4, -0.2) is 31.3 Å². The molecule has 4 N–H and O–H groups in total. The molecular formula is C13H26N4O. The van der Waals surface area contributed by atoms with Crippen molar-refractivity contribution in [1.29, 1.82) is 0 Å². The molecule has 1 saturated carbocycles. The van der Waals surface area contributed by atoms with E-state index in [9.17, 15) is 0 Å². The summed E-state index contributed by atoms with van der Waals surface area (Å²) in [6, 6.07) is 0.547. The van der Waals surface area contributed by atoms with Crippen LogP contribution in [0.4, 0.5) is 0 Å². The standard InChI is InChI=1S/C13H26N4O/c14-17-13(16-11-5-1-2-6-11)15-9-8-12-7-3-4-10-18-12/h11-12H,1-10,14H2,(H2,15,16,17). The number of nitrogens with two attached hydrogens (primary N) is 1. The quantitative estimate of drug-likeness (QED) is 0.306. The largest absolute Gasteiger partial charge is 0.378 e. The van der Waals surface area contributed by atoms with Gasteiger partial charge in [0.2, 0.25) is 5.96 Å². The number of hydrazine groups is 1. The Hall–Kier alpha value is -0.810. The number of ether oxygens (including phenoxy) is 1. The number of hydrogen-bond acceptors (Lipinski definition) is 3. The van der Waals surface area contributed by atoms with Gasteiger partial charge in [-0.25, -0.2) is 5.84 Å². The van der Waals surface area contributed by atoms with Crippen molar-refractivity contribution in [3.63, 3.8) is 0 Å². The zero-order chi connectivity index (χ0) is 12.6. The fraction of sp³-hybridized carbons (Fsp3) is 0.923. The van der Waals surface area contributed by atoms with Gasteiger partial charge in [0, 0.05) is 19.2 Å². The Morgan fingerprint density at radius 3 is 2.61 bits per heavy atom. The van der Waals surface area contributed by atoms with E-state index in [0.717, 1.165) is 25.5 Å². The summed E-state index contributed by atoms with van der Waals surface area (Å²) >= 11 is 0. The Kier molecular flexibility index (Phi) is 5.74. The predicted octanol–water partition coefficient (Wildman–Crippen LogP) is 1.30. The summed E-state index contributed by atoms with van der Waals surface area (Å²) in [7, 11) is 0. The molecule has 1 saturated heterocycles. The molecular weight excluding hydrogens is 228 g/mol. The molecule has 2 rings (SSSR count). The fourth-order valence-corrected chi connectivity index (χ4v) is 2.75. The average Bonchev–Trinajstić information content (AvgIpc) is 2.92. The highest BCUT2D eigenvalue weighted by Gasteiger charge is 2.16. The van der Waals surface area contributed by atoms with E-state index < -0.39 is 0 Å². The van der Waals surface area contributed by atoms with Crippen molar-refractivity contribution in [3.8, 4) is 0 Å². The van der Waals surface area contributed by atoms with Gasteiger partial charge < -0.3 is 10.1 Å². The van der Waals surface area contributed by atoms with Crippen LogP contribution in [-0.2, 0) is 4.74 Å². The number of rotatable bonds is 4. The smallest absolute Gasteiger partial charge is 0.205 e. The summed E-state index contributed by atoms with van der Waals surface area (Å²) in [4.78, 5) is 4.49. The molecule has 5 nitrogen and oxygen atoms in total. The molecule has 0 aromatic carbocycles. The minimum absolute atomic E-state index is 0.396. The Morgan fingerprint density at radius 2 is 1.94 bits per heavy atom. The van der Waals surface area contributed by atoms with E-state index in [-0.39, 0.29) is 0 Å². The molecule has 5 heteroatoms. The van der Waals surface area contributed by atoms with Crippen molar-refractivity contribution in [2.45, 2.75) is 63.5 Å². The molecule has 1 unspecified atom stereocenters. The van der Waals surface area contributed by atoms with E-state index >= 15 is 0 Å². The van der Waals surface area contributed by atoms with Gasteiger partial charge in [0.25, 0.3) is 0 Å². The van der Waals surface area contributed by atoms with Crippen molar-refractivity contribution in [1.82, 2.24) is 10.7 Å². The van der Waals surface area contributed by atoms with Crippen molar-refractivity contribution in [3.05, 3.63) is 0 Å². The summed E-state index contributed by atoms with van der Waals surface area (Å²) in [5.41, 5.74) is 2.66. The van der Waals surface area contributed by atoms with Crippen LogP contribution in [0.5, 0.6) is 0 Å². The second-order valence-electron chi connectivity index (χ2n) is 5.28. The summed E-state index contributed by atoms with van der Waals surface area (Å²) in [5.74, 6) is 6.23. The molecule has 0 aromatic heterocycles. The number of nitrogens with one attached hydrogen (secondary N) is 2. The molecule has 2 aliphatic rings. The van der Waals surface area contributed by atoms with E-state index in [1.807, 2.05) is 0 Å². The highest BCUT2D eigenvalue weighted by molar-refractivity contribution is 5.79. The molecule has 0 amide bonds. The highest BCUT2D eigenvalue weighted by atomic mass is 16.5. The van der Waals surface area contributed by atoms with E-state index in [1.54, 1.807) is 0 Å². The van der Waals surface area contributed by atoms with Gasteiger partial charge in [-0.2, -0.15) is 0 Å². The van der Waals surface area contributed by atoms with E-state index in [2.05, 4.69) is 15.7 Å². The zero-order valence-corrected chi connectivity index (χ0v) is 11.2. The highest BCUT2D eigenvalue weighted by Crippen LogP contribution is 2.17. The number of guanidine groups is 1. The van der Waals surface area contributed by atoms with Crippen molar-refractivity contribution in [2.24, 2.45) is 10.8 Å². The molecule has 1 heterocycles. The third-order valence-corrected chi connectivity index (χ3v) is 3.83. The minimum atomic E-state index is 0.396. The van der Waals surface area contributed by atoms with E-state index in [4.69, 9.17) is 10.6 Å². The first-order valence-electron chi connectivity index (χ1n) is 7.27. The molecule has 0 radical (unpaired) electrons. The van der Waals surface area contributed by atoms with Crippen LogP contribution in [0.25, 0.3) is 0 Å². The summed E-state index contributed by atoms with van der Waals surface area (Å²) in [5, 5.41) is 3.38. The maximum Gasteiger partial charge on any atom is 0.205 e. The van der Waals surface area contributed by atoms with E-state index in [1.165, 1.54) is 44.9 Å². The van der Waals surface area contributed by atoms with Gasteiger partial charge in [0.05, 0.1) is 6.10 Å². The first-order valence-corrected chi connectivity index (χ1v) is 7.27. The normalized spacial score (nSPS) is 26.3. The molecule has 18 heavy (non-hydrogen) atoms. The second-order valence-corrected chi connectivity index (χ2v) is 5.28. The Morgan fingerprint density at radius 1 is 1.17 bits per heavy atom.